The second kappa shape index (κ2) is 7.92. The number of rotatable bonds is 4. The van der Waals surface area contributed by atoms with E-state index in [1.807, 2.05) is 4.90 Å². The molecule has 2 saturated heterocycles. The van der Waals surface area contributed by atoms with Gasteiger partial charge in [-0.05, 0) is 36.5 Å². The Kier molecular flexibility index (Phi) is 5.17. The molecular formula is C19H18N4O5S. The van der Waals surface area contributed by atoms with Crippen molar-refractivity contribution in [2.24, 2.45) is 0 Å². The number of hydrogen-bond donors (Lipinski definition) is 1. The molecule has 10 heteroatoms. The highest BCUT2D eigenvalue weighted by molar-refractivity contribution is 7.80. The first-order chi connectivity index (χ1) is 14.0. The highest BCUT2D eigenvalue weighted by atomic mass is 32.1. The molecule has 9 nitrogen and oxygen atoms in total. The van der Waals surface area contributed by atoms with Crippen LogP contribution in [0.2, 0.25) is 0 Å². The number of piperazine rings is 1. The molecule has 0 atom stereocenters. The lowest BCUT2D eigenvalue weighted by Gasteiger charge is -2.35. The second-order valence-electron chi connectivity index (χ2n) is 6.58. The first kappa shape index (κ1) is 18.9. The normalized spacial score (nSPS) is 19.1. The minimum atomic E-state index is -0.537. The molecule has 0 spiro atoms. The molecule has 1 N–H and O–H groups in total. The molecule has 4 heterocycles. The van der Waals surface area contributed by atoms with Crippen molar-refractivity contribution >= 4 is 35.1 Å². The largest absolute Gasteiger partial charge is 0.467 e. The molecule has 150 valence electrons. The Balaban J connectivity index is 1.43. The predicted molar refractivity (Wildman–Crippen MR) is 104 cm³/mol. The number of furan rings is 2. The second-order valence-corrected chi connectivity index (χ2v) is 6.96. The van der Waals surface area contributed by atoms with E-state index in [1.54, 1.807) is 29.2 Å². The summed E-state index contributed by atoms with van der Waals surface area (Å²) in [5.41, 5.74) is -0.00373. The van der Waals surface area contributed by atoms with Gasteiger partial charge in [0.15, 0.2) is 10.9 Å². The van der Waals surface area contributed by atoms with Crippen LogP contribution < -0.4 is 5.32 Å². The van der Waals surface area contributed by atoms with Gasteiger partial charge in [-0.15, -0.1) is 0 Å². The zero-order chi connectivity index (χ0) is 20.4. The van der Waals surface area contributed by atoms with Crippen LogP contribution in [0.1, 0.15) is 16.3 Å². The maximum Gasteiger partial charge on any atom is 0.289 e. The molecule has 2 fully saturated rings. The maximum absolute atomic E-state index is 12.8. The van der Waals surface area contributed by atoms with Crippen molar-refractivity contribution in [2.45, 2.75) is 6.54 Å². The van der Waals surface area contributed by atoms with Gasteiger partial charge in [0.25, 0.3) is 17.7 Å². The van der Waals surface area contributed by atoms with Crippen molar-refractivity contribution in [1.82, 2.24) is 20.0 Å². The zero-order valence-electron chi connectivity index (χ0n) is 15.4. The summed E-state index contributed by atoms with van der Waals surface area (Å²) in [6.07, 6.45) is 4.50. The molecular weight excluding hydrogens is 396 g/mol. The van der Waals surface area contributed by atoms with Crippen molar-refractivity contribution in [3.05, 3.63) is 60.1 Å². The van der Waals surface area contributed by atoms with Crippen molar-refractivity contribution in [3.8, 4) is 0 Å². The highest BCUT2D eigenvalue weighted by Gasteiger charge is 2.35. The third-order valence-electron chi connectivity index (χ3n) is 4.72. The van der Waals surface area contributed by atoms with E-state index in [9.17, 15) is 14.4 Å². The number of hydrogen-bond acceptors (Lipinski definition) is 7. The summed E-state index contributed by atoms with van der Waals surface area (Å²) in [7, 11) is 0. The van der Waals surface area contributed by atoms with Crippen LogP contribution in [0, 0.1) is 0 Å². The Morgan fingerprint density at radius 2 is 1.83 bits per heavy atom. The first-order valence-electron chi connectivity index (χ1n) is 9.01. The Hall–Kier alpha value is -3.40. The van der Waals surface area contributed by atoms with Crippen LogP contribution in [-0.2, 0) is 16.1 Å². The summed E-state index contributed by atoms with van der Waals surface area (Å²) >= 11 is 5.13. The lowest BCUT2D eigenvalue weighted by atomic mass is 10.1. The van der Waals surface area contributed by atoms with Crippen molar-refractivity contribution in [2.75, 3.05) is 26.2 Å². The molecule has 3 amide bonds. The number of nitrogens with zero attached hydrogens (tertiary/aromatic N) is 3. The summed E-state index contributed by atoms with van der Waals surface area (Å²) < 4.78 is 10.4. The van der Waals surface area contributed by atoms with E-state index < -0.39 is 11.8 Å². The molecule has 0 unspecified atom stereocenters. The van der Waals surface area contributed by atoms with Gasteiger partial charge in [-0.2, -0.15) is 0 Å². The number of carbonyl (C=O) groups is 3. The summed E-state index contributed by atoms with van der Waals surface area (Å²) in [6, 6.07) is 6.73. The molecule has 0 saturated carbocycles. The minimum Gasteiger partial charge on any atom is -0.467 e. The highest BCUT2D eigenvalue weighted by Crippen LogP contribution is 2.16. The van der Waals surface area contributed by atoms with E-state index in [2.05, 4.69) is 5.32 Å². The topological polar surface area (TPSA) is 99.2 Å². The van der Waals surface area contributed by atoms with Crippen LogP contribution in [-0.4, -0.2) is 63.7 Å². The monoisotopic (exact) mass is 414 g/mol. The van der Waals surface area contributed by atoms with Gasteiger partial charge in [0.2, 0.25) is 0 Å². The van der Waals surface area contributed by atoms with Crippen LogP contribution in [0.5, 0.6) is 0 Å². The summed E-state index contributed by atoms with van der Waals surface area (Å²) in [4.78, 5) is 42.3. The van der Waals surface area contributed by atoms with Gasteiger partial charge in [0.05, 0.1) is 19.1 Å². The van der Waals surface area contributed by atoms with Gasteiger partial charge < -0.3 is 18.6 Å². The third kappa shape index (κ3) is 3.92. The Labute approximate surface area is 171 Å². The van der Waals surface area contributed by atoms with Crippen LogP contribution in [0.25, 0.3) is 0 Å². The lowest BCUT2D eigenvalue weighted by Crippen LogP contribution is -2.54. The van der Waals surface area contributed by atoms with Gasteiger partial charge in [-0.3, -0.25) is 24.6 Å². The van der Waals surface area contributed by atoms with Gasteiger partial charge in [0, 0.05) is 32.4 Å². The maximum atomic E-state index is 12.8. The van der Waals surface area contributed by atoms with Crippen molar-refractivity contribution in [1.29, 1.82) is 0 Å². The van der Waals surface area contributed by atoms with E-state index in [-0.39, 0.29) is 23.1 Å². The zero-order valence-corrected chi connectivity index (χ0v) is 16.2. The fraction of sp³-hybridized carbons (Fsp3) is 0.263. The molecule has 2 aliphatic heterocycles. The SMILES string of the molecule is O=C1NC(=S)N(Cc2ccco2)C(=O)C1=CN1CCN(C(=O)c2ccco2)CC1. The van der Waals surface area contributed by atoms with Gasteiger partial charge in [-0.1, -0.05) is 0 Å². The standard InChI is InChI=1S/C19H18N4O5S/c24-16-14(17(25)23(19(29)20-16)11-13-3-1-9-27-13)12-21-5-7-22(8-6-21)18(26)15-4-2-10-28-15/h1-4,9-10,12H,5-8,11H2,(H,20,24,29). The number of thiocarbonyl (C=S) groups is 1. The van der Waals surface area contributed by atoms with Gasteiger partial charge >= 0.3 is 0 Å². The van der Waals surface area contributed by atoms with Gasteiger partial charge in [-0.25, -0.2) is 0 Å². The van der Waals surface area contributed by atoms with E-state index in [0.717, 1.165) is 0 Å². The third-order valence-corrected chi connectivity index (χ3v) is 5.05. The van der Waals surface area contributed by atoms with Crippen LogP contribution in [0.15, 0.2) is 57.4 Å². The van der Waals surface area contributed by atoms with Crippen molar-refractivity contribution in [3.63, 3.8) is 0 Å². The number of amides is 3. The first-order valence-corrected chi connectivity index (χ1v) is 9.42. The predicted octanol–water partition coefficient (Wildman–Crippen LogP) is 0.958. The quantitative estimate of drug-likeness (QED) is 0.452. The van der Waals surface area contributed by atoms with Crippen molar-refractivity contribution < 1.29 is 23.2 Å². The molecule has 0 bridgehead atoms. The molecule has 0 aromatic carbocycles. The fourth-order valence-corrected chi connectivity index (χ4v) is 3.42. The Morgan fingerprint density at radius 1 is 1.10 bits per heavy atom. The van der Waals surface area contributed by atoms with Crippen LogP contribution in [0.4, 0.5) is 0 Å². The minimum absolute atomic E-state index is 0.00373. The molecule has 4 rings (SSSR count). The Morgan fingerprint density at radius 3 is 2.48 bits per heavy atom. The summed E-state index contributed by atoms with van der Waals surface area (Å²) in [6.45, 7) is 2.01. The smallest absolute Gasteiger partial charge is 0.289 e. The van der Waals surface area contributed by atoms with E-state index in [1.165, 1.54) is 23.6 Å². The fourth-order valence-electron chi connectivity index (χ4n) is 3.18. The van der Waals surface area contributed by atoms with Crippen LogP contribution >= 0.6 is 12.2 Å². The molecule has 2 aromatic rings. The molecule has 29 heavy (non-hydrogen) atoms. The van der Waals surface area contributed by atoms with E-state index in [0.29, 0.717) is 37.7 Å². The number of carbonyl (C=O) groups excluding carboxylic acids is 3. The molecule has 0 aliphatic carbocycles. The van der Waals surface area contributed by atoms with E-state index >= 15 is 0 Å². The molecule has 2 aromatic heterocycles. The summed E-state index contributed by atoms with van der Waals surface area (Å²) in [5.74, 6) is -0.347. The molecule has 2 aliphatic rings. The molecule has 0 radical (unpaired) electrons. The average molecular weight is 414 g/mol. The van der Waals surface area contributed by atoms with E-state index in [4.69, 9.17) is 21.1 Å². The summed E-state index contributed by atoms with van der Waals surface area (Å²) in [5, 5.41) is 2.59. The average Bonchev–Trinajstić information content (AvgIpc) is 3.42. The number of nitrogens with one attached hydrogen (secondary N) is 1. The lowest BCUT2D eigenvalue weighted by molar-refractivity contribution is -0.129. The van der Waals surface area contributed by atoms with Gasteiger partial charge in [0.1, 0.15) is 11.3 Å². The Bertz CT molecular complexity index is 959. The van der Waals surface area contributed by atoms with Crippen LogP contribution in [0.3, 0.4) is 0 Å².